The van der Waals surface area contributed by atoms with Gasteiger partial charge in [-0.2, -0.15) is 0 Å². The first-order chi connectivity index (χ1) is 19.0. The summed E-state index contributed by atoms with van der Waals surface area (Å²) < 4.78 is 29.1. The molecule has 5 rings (SSSR count). The molecule has 1 aliphatic rings. The second-order valence-electron chi connectivity index (χ2n) is 9.74. The van der Waals surface area contributed by atoms with Crippen molar-refractivity contribution < 1.29 is 32.3 Å². The summed E-state index contributed by atoms with van der Waals surface area (Å²) in [5, 5.41) is 13.3. The first-order valence-electron chi connectivity index (χ1n) is 12.4. The fourth-order valence-electron chi connectivity index (χ4n) is 4.77. The molecule has 0 saturated carbocycles. The minimum absolute atomic E-state index is 0.0623. The zero-order valence-corrected chi connectivity index (χ0v) is 23.0. The molecule has 2 N–H and O–H groups in total. The Balaban J connectivity index is 1.31. The summed E-state index contributed by atoms with van der Waals surface area (Å²) in [4.78, 5) is 39.9. The molecule has 2 amide bonds. The predicted octanol–water partition coefficient (Wildman–Crippen LogP) is 4.11. The van der Waals surface area contributed by atoms with Crippen LogP contribution in [0.4, 0.5) is 0 Å². The van der Waals surface area contributed by atoms with Gasteiger partial charge in [0.2, 0.25) is 0 Å². The van der Waals surface area contributed by atoms with Gasteiger partial charge < -0.3 is 19.7 Å². The van der Waals surface area contributed by atoms with Gasteiger partial charge in [-0.05, 0) is 65.6 Å². The van der Waals surface area contributed by atoms with Crippen molar-refractivity contribution in [3.63, 3.8) is 0 Å². The van der Waals surface area contributed by atoms with E-state index in [-0.39, 0.29) is 27.8 Å². The van der Waals surface area contributed by atoms with Crippen LogP contribution in [0.2, 0.25) is 5.02 Å². The van der Waals surface area contributed by atoms with Crippen LogP contribution in [0.15, 0.2) is 76.2 Å². The zero-order chi connectivity index (χ0) is 28.6. The van der Waals surface area contributed by atoms with Crippen LogP contribution < -0.4 is 5.32 Å². The Labute approximate surface area is 235 Å². The topological polar surface area (TPSA) is 134 Å². The fourth-order valence-corrected chi connectivity index (χ4v) is 5.74. The normalized spacial score (nSPS) is 14.0. The number of halogens is 1. The molecule has 0 spiro atoms. The number of furan rings is 1. The Morgan fingerprint density at radius 2 is 1.88 bits per heavy atom. The number of carboxylic acid groups (broad SMARTS) is 1. The number of nitrogens with one attached hydrogen (secondary N) is 1. The highest BCUT2D eigenvalue weighted by molar-refractivity contribution is 7.90. The number of rotatable bonds is 7. The lowest BCUT2D eigenvalue weighted by Crippen LogP contribution is -2.42. The quantitative estimate of drug-likeness (QED) is 0.336. The minimum Gasteiger partial charge on any atom is -0.480 e. The molecular formula is C29H25ClN2O7S. The number of carboxylic acids is 1. The fraction of sp³-hybridized carbons (Fsp3) is 0.207. The SMILES string of the molecule is CS(=O)(=O)c1cccc(C[C@H](NC(=O)c2cc3c(cc2Cl)CN(C(=O)c2ccc4ccoc4c2)CC3)C(=O)O)c1. The minimum atomic E-state index is -3.47. The molecule has 0 fully saturated rings. The van der Waals surface area contributed by atoms with Gasteiger partial charge in [0, 0.05) is 36.7 Å². The monoisotopic (exact) mass is 580 g/mol. The van der Waals surface area contributed by atoms with Crippen molar-refractivity contribution in [1.29, 1.82) is 0 Å². The lowest BCUT2D eigenvalue weighted by atomic mass is 9.96. The second-order valence-corrected chi connectivity index (χ2v) is 12.2. The molecule has 2 heterocycles. The molecule has 3 aromatic carbocycles. The maximum atomic E-state index is 13.1. The van der Waals surface area contributed by atoms with Gasteiger partial charge in [-0.3, -0.25) is 9.59 Å². The van der Waals surface area contributed by atoms with E-state index >= 15 is 0 Å². The molecule has 206 valence electrons. The van der Waals surface area contributed by atoms with E-state index in [2.05, 4.69) is 5.32 Å². The number of aliphatic carboxylic acids is 1. The Morgan fingerprint density at radius 1 is 1.07 bits per heavy atom. The van der Waals surface area contributed by atoms with Gasteiger partial charge in [0.15, 0.2) is 9.84 Å². The van der Waals surface area contributed by atoms with E-state index in [1.165, 1.54) is 18.2 Å². The molecule has 0 radical (unpaired) electrons. The van der Waals surface area contributed by atoms with Gasteiger partial charge in [-0.25, -0.2) is 13.2 Å². The van der Waals surface area contributed by atoms with Gasteiger partial charge in [0.05, 0.1) is 21.7 Å². The second kappa shape index (κ2) is 10.8. The smallest absolute Gasteiger partial charge is 0.326 e. The number of nitrogens with zero attached hydrogens (tertiary/aromatic N) is 1. The van der Waals surface area contributed by atoms with Crippen LogP contribution in [-0.2, 0) is 34.0 Å². The Hall–Kier alpha value is -4.15. The summed E-state index contributed by atoms with van der Waals surface area (Å²) >= 11 is 6.46. The highest BCUT2D eigenvalue weighted by Gasteiger charge is 2.27. The van der Waals surface area contributed by atoms with E-state index in [1.807, 2.05) is 12.1 Å². The van der Waals surface area contributed by atoms with E-state index in [1.54, 1.807) is 41.5 Å². The Kier molecular flexibility index (Phi) is 7.39. The van der Waals surface area contributed by atoms with Crippen LogP contribution in [0.1, 0.15) is 37.4 Å². The first-order valence-corrected chi connectivity index (χ1v) is 14.7. The van der Waals surface area contributed by atoms with Gasteiger partial charge >= 0.3 is 5.97 Å². The number of hydrogen-bond acceptors (Lipinski definition) is 6. The third kappa shape index (κ3) is 5.73. The van der Waals surface area contributed by atoms with E-state index < -0.39 is 27.8 Å². The molecule has 0 unspecified atom stereocenters. The number of hydrogen-bond donors (Lipinski definition) is 2. The van der Waals surface area contributed by atoms with Gasteiger partial charge in [0.25, 0.3) is 11.8 Å². The van der Waals surface area contributed by atoms with Crippen molar-refractivity contribution in [3.8, 4) is 0 Å². The highest BCUT2D eigenvalue weighted by Crippen LogP contribution is 2.28. The number of carbonyl (C=O) groups excluding carboxylic acids is 2. The van der Waals surface area contributed by atoms with E-state index in [0.29, 0.717) is 36.2 Å². The van der Waals surface area contributed by atoms with Crippen LogP contribution in [-0.4, -0.2) is 55.1 Å². The zero-order valence-electron chi connectivity index (χ0n) is 21.4. The molecule has 4 aromatic rings. The maximum absolute atomic E-state index is 13.1. The molecule has 1 aliphatic heterocycles. The molecule has 1 aromatic heterocycles. The highest BCUT2D eigenvalue weighted by atomic mass is 35.5. The lowest BCUT2D eigenvalue weighted by molar-refractivity contribution is -0.139. The van der Waals surface area contributed by atoms with E-state index in [4.69, 9.17) is 16.0 Å². The third-order valence-electron chi connectivity index (χ3n) is 6.91. The molecular weight excluding hydrogens is 556 g/mol. The maximum Gasteiger partial charge on any atom is 0.326 e. The average molecular weight is 581 g/mol. The molecule has 0 saturated heterocycles. The van der Waals surface area contributed by atoms with Crippen molar-refractivity contribution in [2.45, 2.75) is 30.3 Å². The van der Waals surface area contributed by atoms with Crippen LogP contribution in [0.3, 0.4) is 0 Å². The number of amides is 2. The Bertz CT molecular complexity index is 1760. The van der Waals surface area contributed by atoms with E-state index in [0.717, 1.165) is 22.8 Å². The molecule has 1 atom stereocenters. The van der Waals surface area contributed by atoms with Crippen LogP contribution in [0.5, 0.6) is 0 Å². The third-order valence-corrected chi connectivity index (χ3v) is 8.33. The van der Waals surface area contributed by atoms with Gasteiger partial charge in [0.1, 0.15) is 11.6 Å². The van der Waals surface area contributed by atoms with Crippen molar-refractivity contribution in [1.82, 2.24) is 10.2 Å². The largest absolute Gasteiger partial charge is 0.480 e. The van der Waals surface area contributed by atoms with Crippen molar-refractivity contribution in [3.05, 3.63) is 99.8 Å². The van der Waals surface area contributed by atoms with Crippen molar-refractivity contribution >= 4 is 50.2 Å². The molecule has 0 bridgehead atoms. The number of benzene rings is 3. The summed E-state index contributed by atoms with van der Waals surface area (Å²) in [7, 11) is -3.47. The van der Waals surface area contributed by atoms with Crippen LogP contribution >= 0.6 is 11.6 Å². The van der Waals surface area contributed by atoms with Crippen molar-refractivity contribution in [2.75, 3.05) is 12.8 Å². The molecule has 0 aliphatic carbocycles. The molecule has 9 nitrogen and oxygen atoms in total. The summed E-state index contributed by atoms with van der Waals surface area (Å²) in [6, 6.07) is 15.0. The lowest BCUT2D eigenvalue weighted by Gasteiger charge is -2.29. The van der Waals surface area contributed by atoms with Gasteiger partial charge in [-0.15, -0.1) is 0 Å². The van der Waals surface area contributed by atoms with Crippen LogP contribution in [0, 0.1) is 0 Å². The standard InChI is InChI=1S/C29H25ClN2O7S/c1-40(37,38)22-4-2-3-17(11-22)12-25(29(35)36)31-27(33)23-13-19-7-9-32(16-21(19)14-24(23)30)28(34)20-6-5-18-8-10-39-26(18)15-20/h2-6,8,10-11,13-15,25H,7,9,12,16H2,1H3,(H,31,33)(H,35,36)/t25-/m0/s1. The average Bonchev–Trinajstić information content (AvgIpc) is 3.39. The van der Waals surface area contributed by atoms with E-state index in [9.17, 15) is 27.9 Å². The van der Waals surface area contributed by atoms with Crippen molar-refractivity contribution in [2.24, 2.45) is 0 Å². The molecule has 11 heteroatoms. The first kappa shape index (κ1) is 27.4. The number of carbonyl (C=O) groups is 3. The summed E-state index contributed by atoms with van der Waals surface area (Å²) in [5.74, 6) is -2.08. The molecule has 40 heavy (non-hydrogen) atoms. The number of sulfone groups is 1. The van der Waals surface area contributed by atoms with Crippen LogP contribution in [0.25, 0.3) is 11.0 Å². The van der Waals surface area contributed by atoms with Gasteiger partial charge in [-0.1, -0.05) is 29.8 Å². The Morgan fingerprint density at radius 3 is 2.62 bits per heavy atom. The summed E-state index contributed by atoms with van der Waals surface area (Å²) in [6.07, 6.45) is 3.01. The predicted molar refractivity (Wildman–Crippen MR) is 148 cm³/mol. The number of fused-ring (bicyclic) bond motifs is 2. The summed E-state index contributed by atoms with van der Waals surface area (Å²) in [6.45, 7) is 0.736. The summed E-state index contributed by atoms with van der Waals surface area (Å²) in [5.41, 5.74) is 3.35.